The zero-order valence-electron chi connectivity index (χ0n) is 19.2. The molecule has 0 aliphatic carbocycles. The number of sulfonamides is 1. The number of benzene rings is 2. The van der Waals surface area contributed by atoms with Crippen molar-refractivity contribution in [2.75, 3.05) is 19.7 Å². The van der Waals surface area contributed by atoms with Crippen molar-refractivity contribution in [2.24, 2.45) is 0 Å². The quantitative estimate of drug-likeness (QED) is 0.665. The van der Waals surface area contributed by atoms with E-state index in [0.29, 0.717) is 12.1 Å². The minimum atomic E-state index is -3.63. The van der Waals surface area contributed by atoms with Crippen LogP contribution < -0.4 is 10.0 Å². The van der Waals surface area contributed by atoms with Crippen molar-refractivity contribution in [3.05, 3.63) is 65.2 Å². The van der Waals surface area contributed by atoms with Crippen molar-refractivity contribution in [3.8, 4) is 0 Å². The fraction of sp³-hybridized carbons (Fsp3) is 0.458. The lowest BCUT2D eigenvalue weighted by Gasteiger charge is -2.31. The second-order valence-corrected chi connectivity index (χ2v) is 11.0. The first-order chi connectivity index (χ1) is 15.0. The highest BCUT2D eigenvalue weighted by molar-refractivity contribution is 7.89. The van der Waals surface area contributed by atoms with Gasteiger partial charge in [-0.05, 0) is 63.1 Å². The molecule has 0 saturated carbocycles. The number of morpholine rings is 1. The van der Waals surface area contributed by atoms with Gasteiger partial charge in [-0.3, -0.25) is 9.69 Å². The molecule has 8 heteroatoms. The van der Waals surface area contributed by atoms with Gasteiger partial charge in [0.1, 0.15) is 0 Å². The number of carbonyl (C=O) groups is 1. The van der Waals surface area contributed by atoms with Crippen LogP contribution in [0, 0.1) is 0 Å². The lowest BCUT2D eigenvalue weighted by atomic mass is 10.1. The van der Waals surface area contributed by atoms with E-state index in [2.05, 4.69) is 34.0 Å². The summed E-state index contributed by atoms with van der Waals surface area (Å²) in [5, 5.41) is 2.91. The fourth-order valence-corrected chi connectivity index (χ4v) is 5.08. The van der Waals surface area contributed by atoms with Gasteiger partial charge in [-0.1, -0.05) is 24.3 Å². The SMILES string of the molecule is CC1CN(Cc2cccc(CNC(=O)c3ccc(S(=O)(=O)NC(C)(C)C)cc3)c2)CCO1. The van der Waals surface area contributed by atoms with Crippen LogP contribution in [0.5, 0.6) is 0 Å². The van der Waals surface area contributed by atoms with Gasteiger partial charge in [0.05, 0.1) is 17.6 Å². The number of hydrogen-bond acceptors (Lipinski definition) is 5. The smallest absolute Gasteiger partial charge is 0.251 e. The van der Waals surface area contributed by atoms with E-state index in [1.165, 1.54) is 29.8 Å². The Morgan fingerprint density at radius 1 is 1.12 bits per heavy atom. The summed E-state index contributed by atoms with van der Waals surface area (Å²) < 4.78 is 33.0. The summed E-state index contributed by atoms with van der Waals surface area (Å²) >= 11 is 0. The number of amides is 1. The van der Waals surface area contributed by atoms with Crippen molar-refractivity contribution in [3.63, 3.8) is 0 Å². The molecule has 7 nitrogen and oxygen atoms in total. The first kappa shape index (κ1) is 24.4. The van der Waals surface area contributed by atoms with E-state index < -0.39 is 15.6 Å². The first-order valence-electron chi connectivity index (χ1n) is 10.9. The Hall–Kier alpha value is -2.26. The van der Waals surface area contributed by atoms with Gasteiger partial charge in [-0.15, -0.1) is 0 Å². The summed E-state index contributed by atoms with van der Waals surface area (Å²) in [4.78, 5) is 15.1. The van der Waals surface area contributed by atoms with E-state index >= 15 is 0 Å². The highest BCUT2D eigenvalue weighted by Crippen LogP contribution is 2.15. The van der Waals surface area contributed by atoms with Gasteiger partial charge in [-0.25, -0.2) is 13.1 Å². The minimum Gasteiger partial charge on any atom is -0.376 e. The maximum absolute atomic E-state index is 12.5. The van der Waals surface area contributed by atoms with Crippen LogP contribution in [0.1, 0.15) is 49.2 Å². The van der Waals surface area contributed by atoms with Gasteiger partial charge in [0, 0.05) is 37.3 Å². The zero-order valence-corrected chi connectivity index (χ0v) is 20.0. The van der Waals surface area contributed by atoms with Gasteiger partial charge in [0.2, 0.25) is 10.0 Å². The zero-order chi connectivity index (χ0) is 23.4. The van der Waals surface area contributed by atoms with Crippen molar-refractivity contribution < 1.29 is 17.9 Å². The number of hydrogen-bond donors (Lipinski definition) is 2. The average Bonchev–Trinajstić information content (AvgIpc) is 2.71. The van der Waals surface area contributed by atoms with Crippen LogP contribution in [0.3, 0.4) is 0 Å². The van der Waals surface area contributed by atoms with E-state index in [1.54, 1.807) is 20.8 Å². The predicted octanol–water partition coefficient (Wildman–Crippen LogP) is 2.91. The summed E-state index contributed by atoms with van der Waals surface area (Å²) in [6.45, 7) is 11.3. The standard InChI is InChI=1S/C24H33N3O4S/c1-18-16-27(12-13-31-18)17-20-7-5-6-19(14-20)15-25-23(28)21-8-10-22(11-9-21)32(29,30)26-24(2,3)4/h5-11,14,18,26H,12-13,15-17H2,1-4H3,(H,25,28). The Labute approximate surface area is 191 Å². The van der Waals surface area contributed by atoms with Gasteiger partial charge < -0.3 is 10.1 Å². The molecule has 1 unspecified atom stereocenters. The van der Waals surface area contributed by atoms with Crippen LogP contribution in [0.25, 0.3) is 0 Å². The second-order valence-electron chi connectivity index (χ2n) is 9.30. The Balaban J connectivity index is 1.57. The summed E-state index contributed by atoms with van der Waals surface area (Å²) in [6.07, 6.45) is 0.247. The van der Waals surface area contributed by atoms with Gasteiger partial charge in [0.15, 0.2) is 0 Å². The second kappa shape index (κ2) is 10.1. The molecule has 1 amide bonds. The third-order valence-electron chi connectivity index (χ3n) is 5.04. The van der Waals surface area contributed by atoms with Crippen LogP contribution in [0.4, 0.5) is 0 Å². The van der Waals surface area contributed by atoms with Crippen molar-refractivity contribution in [1.82, 2.24) is 14.9 Å². The predicted molar refractivity (Wildman–Crippen MR) is 125 cm³/mol. The van der Waals surface area contributed by atoms with Crippen LogP contribution in [0.15, 0.2) is 53.4 Å². The summed E-state index contributed by atoms with van der Waals surface area (Å²) in [6, 6.07) is 14.2. The summed E-state index contributed by atoms with van der Waals surface area (Å²) in [5.74, 6) is -0.245. The molecule has 0 spiro atoms. The number of ether oxygens (including phenoxy) is 1. The highest BCUT2D eigenvalue weighted by atomic mass is 32.2. The van der Waals surface area contributed by atoms with Gasteiger partial charge in [0.25, 0.3) is 5.91 Å². The molecular weight excluding hydrogens is 426 g/mol. The van der Waals surface area contributed by atoms with Gasteiger partial charge in [-0.2, -0.15) is 0 Å². The maximum Gasteiger partial charge on any atom is 0.251 e. The molecule has 0 radical (unpaired) electrons. The highest BCUT2D eigenvalue weighted by Gasteiger charge is 2.22. The Bertz CT molecular complexity index is 1030. The Morgan fingerprint density at radius 2 is 1.81 bits per heavy atom. The van der Waals surface area contributed by atoms with E-state index in [0.717, 1.165) is 31.8 Å². The molecule has 2 N–H and O–H groups in total. The molecule has 1 fully saturated rings. The summed E-state index contributed by atoms with van der Waals surface area (Å²) in [7, 11) is -3.63. The van der Waals surface area contributed by atoms with E-state index in [-0.39, 0.29) is 16.9 Å². The molecule has 1 atom stereocenters. The molecule has 1 saturated heterocycles. The van der Waals surface area contributed by atoms with Crippen LogP contribution >= 0.6 is 0 Å². The molecule has 1 heterocycles. The van der Waals surface area contributed by atoms with Crippen LogP contribution in [0.2, 0.25) is 0 Å². The molecule has 2 aromatic carbocycles. The average molecular weight is 460 g/mol. The molecule has 174 valence electrons. The third kappa shape index (κ3) is 7.13. The maximum atomic E-state index is 12.5. The van der Waals surface area contributed by atoms with E-state index in [9.17, 15) is 13.2 Å². The fourth-order valence-electron chi connectivity index (χ4n) is 3.66. The Morgan fingerprint density at radius 3 is 2.47 bits per heavy atom. The minimum absolute atomic E-state index is 0.133. The largest absolute Gasteiger partial charge is 0.376 e. The number of nitrogens with one attached hydrogen (secondary N) is 2. The molecule has 0 bridgehead atoms. The number of carbonyl (C=O) groups excluding carboxylic acids is 1. The lowest BCUT2D eigenvalue weighted by molar-refractivity contribution is -0.0212. The monoisotopic (exact) mass is 459 g/mol. The first-order valence-corrected chi connectivity index (χ1v) is 12.3. The topological polar surface area (TPSA) is 87.7 Å². The normalized spacial score (nSPS) is 17.8. The molecular formula is C24H33N3O4S. The number of nitrogens with zero attached hydrogens (tertiary/aromatic N) is 1. The molecule has 1 aliphatic rings. The van der Waals surface area contributed by atoms with Crippen LogP contribution in [-0.4, -0.2) is 50.6 Å². The number of rotatable bonds is 7. The molecule has 32 heavy (non-hydrogen) atoms. The third-order valence-corrected chi connectivity index (χ3v) is 6.82. The van der Waals surface area contributed by atoms with Crippen LogP contribution in [-0.2, 0) is 27.8 Å². The van der Waals surface area contributed by atoms with Crippen molar-refractivity contribution >= 4 is 15.9 Å². The summed E-state index contributed by atoms with van der Waals surface area (Å²) in [5.41, 5.74) is 2.05. The Kier molecular flexibility index (Phi) is 7.71. The molecule has 0 aromatic heterocycles. The molecule has 1 aliphatic heterocycles. The van der Waals surface area contributed by atoms with Crippen molar-refractivity contribution in [2.45, 2.75) is 57.3 Å². The van der Waals surface area contributed by atoms with Crippen molar-refractivity contribution in [1.29, 1.82) is 0 Å². The van der Waals surface area contributed by atoms with Gasteiger partial charge >= 0.3 is 0 Å². The van der Waals surface area contributed by atoms with E-state index in [4.69, 9.17) is 4.74 Å². The lowest BCUT2D eigenvalue weighted by Crippen LogP contribution is -2.40. The van der Waals surface area contributed by atoms with E-state index in [1.807, 2.05) is 12.1 Å². The molecule has 3 rings (SSSR count). The molecule has 2 aromatic rings.